The number of fused-ring (bicyclic) bond motifs is 1. The summed E-state index contributed by atoms with van der Waals surface area (Å²) in [5, 5.41) is 0.00421. The minimum Gasteiger partial charge on any atom is -0.456 e. The maximum Gasteiger partial charge on any atom is 0.303 e. The Bertz CT molecular complexity index is 1060. The zero-order valence-electron chi connectivity index (χ0n) is 16.8. The molecule has 30 heavy (non-hydrogen) atoms. The van der Waals surface area contributed by atoms with Crippen LogP contribution in [0.2, 0.25) is 10.4 Å². The number of nitrogens with zero attached hydrogens (tertiary/aromatic N) is 4. The molecule has 162 valence electrons. The van der Waals surface area contributed by atoms with Gasteiger partial charge in [0.2, 0.25) is 5.28 Å². The molecule has 12 heteroatoms. The van der Waals surface area contributed by atoms with Gasteiger partial charge in [-0.15, -0.1) is 6.42 Å². The second-order valence-electron chi connectivity index (χ2n) is 7.65. The molecule has 3 rings (SSSR count). The van der Waals surface area contributed by atoms with E-state index in [1.54, 1.807) is 24.8 Å². The van der Waals surface area contributed by atoms with Gasteiger partial charge < -0.3 is 18.8 Å². The number of rotatable bonds is 6. The van der Waals surface area contributed by atoms with Crippen LogP contribution >= 0.6 is 30.3 Å². The van der Waals surface area contributed by atoms with Crippen molar-refractivity contribution in [3.8, 4) is 12.3 Å². The summed E-state index contributed by atoms with van der Waals surface area (Å²) >= 11 is 12.1. The van der Waals surface area contributed by atoms with Crippen molar-refractivity contribution in [2.24, 2.45) is 5.41 Å². The van der Waals surface area contributed by atoms with Gasteiger partial charge >= 0.3 is 5.97 Å². The predicted molar refractivity (Wildman–Crippen MR) is 112 cm³/mol. The molecule has 0 saturated carbocycles. The van der Waals surface area contributed by atoms with Crippen molar-refractivity contribution in [3.05, 3.63) is 16.8 Å². The highest BCUT2D eigenvalue weighted by Gasteiger charge is 2.56. The third-order valence-corrected chi connectivity index (χ3v) is 5.96. The maximum absolute atomic E-state index is 12.0. The molecule has 0 radical (unpaired) electrons. The van der Waals surface area contributed by atoms with Crippen molar-refractivity contribution in [3.63, 3.8) is 0 Å². The molecular weight excluding hydrogens is 454 g/mol. The molecule has 1 aliphatic rings. The molecule has 1 fully saturated rings. The molecule has 2 aromatic heterocycles. The molecule has 9 nitrogen and oxygen atoms in total. The lowest BCUT2D eigenvalue weighted by Gasteiger charge is -2.29. The summed E-state index contributed by atoms with van der Waals surface area (Å²) in [5.41, 5.74) is -0.431. The van der Waals surface area contributed by atoms with Crippen LogP contribution in [0.15, 0.2) is 6.33 Å². The lowest BCUT2D eigenvalue weighted by atomic mass is 9.81. The largest absolute Gasteiger partial charge is 0.456 e. The summed E-state index contributed by atoms with van der Waals surface area (Å²) < 4.78 is 30.9. The van der Waals surface area contributed by atoms with Gasteiger partial charge in [0.25, 0.3) is 0 Å². The minimum atomic E-state index is -2.39. The fraction of sp³-hybridized carbons (Fsp3) is 0.556. The molecule has 0 aliphatic carbocycles. The number of terminal acetylenes is 1. The average molecular weight is 475 g/mol. The minimum absolute atomic E-state index is 0.0593. The molecule has 3 heterocycles. The van der Waals surface area contributed by atoms with Crippen LogP contribution in [0.25, 0.3) is 11.2 Å². The number of carbonyl (C=O) groups excluding carboxylic acids is 1. The number of esters is 1. The normalized spacial score (nSPS) is 26.6. The topological polar surface area (TPSA) is 105 Å². The number of hydrogen-bond donors (Lipinski definition) is 0. The third-order valence-electron chi connectivity index (χ3n) is 4.72. The summed E-state index contributed by atoms with van der Waals surface area (Å²) in [6.07, 6.45) is 4.94. The highest BCUT2D eigenvalue weighted by Crippen LogP contribution is 2.46. The van der Waals surface area contributed by atoms with Gasteiger partial charge in [-0.25, -0.2) is 9.97 Å². The van der Waals surface area contributed by atoms with Crippen LogP contribution in [0.4, 0.5) is 0 Å². The van der Waals surface area contributed by atoms with Crippen LogP contribution in [0.3, 0.4) is 0 Å². The van der Waals surface area contributed by atoms with Gasteiger partial charge in [0, 0.05) is 6.92 Å². The second kappa shape index (κ2) is 8.45. The quantitative estimate of drug-likeness (QED) is 0.206. The van der Waals surface area contributed by atoms with Crippen LogP contribution < -0.4 is 0 Å². The Labute approximate surface area is 183 Å². The Kier molecular flexibility index (Phi) is 6.47. The van der Waals surface area contributed by atoms with E-state index in [-0.39, 0.29) is 23.4 Å². The number of imidazole rings is 1. The maximum atomic E-state index is 12.0. The summed E-state index contributed by atoms with van der Waals surface area (Å²) in [4.78, 5) is 24.1. The van der Waals surface area contributed by atoms with Crippen LogP contribution in [0.5, 0.6) is 0 Å². The van der Waals surface area contributed by atoms with Crippen molar-refractivity contribution < 1.29 is 23.6 Å². The van der Waals surface area contributed by atoms with E-state index in [2.05, 4.69) is 20.9 Å². The summed E-state index contributed by atoms with van der Waals surface area (Å²) in [6, 6.07) is 0. The van der Waals surface area contributed by atoms with Crippen LogP contribution in [0.1, 0.15) is 20.1 Å². The molecule has 1 saturated heterocycles. The first-order chi connectivity index (χ1) is 14.0. The van der Waals surface area contributed by atoms with E-state index in [9.17, 15) is 9.36 Å². The van der Waals surface area contributed by atoms with Gasteiger partial charge in [-0.05, 0) is 31.9 Å². The molecular formula is C18H21Cl2N4O5P. The Morgan fingerprint density at radius 3 is 2.73 bits per heavy atom. The van der Waals surface area contributed by atoms with Crippen LogP contribution in [-0.4, -0.2) is 64.0 Å². The monoisotopic (exact) mass is 474 g/mol. The number of carbonyl (C=O) groups is 1. The Hall–Kier alpha value is -1.69. The fourth-order valence-corrected chi connectivity index (χ4v) is 4.21. The van der Waals surface area contributed by atoms with E-state index in [1.807, 2.05) is 0 Å². The Morgan fingerprint density at radius 2 is 2.13 bits per heavy atom. The van der Waals surface area contributed by atoms with Crippen molar-refractivity contribution >= 4 is 47.5 Å². The lowest BCUT2D eigenvalue weighted by Crippen LogP contribution is -2.41. The third kappa shape index (κ3) is 4.48. The molecule has 0 N–H and O–H groups in total. The molecule has 4 atom stereocenters. The molecule has 0 spiro atoms. The van der Waals surface area contributed by atoms with E-state index in [4.69, 9.17) is 43.8 Å². The van der Waals surface area contributed by atoms with E-state index < -0.39 is 37.0 Å². The van der Waals surface area contributed by atoms with Crippen molar-refractivity contribution in [1.82, 2.24) is 19.5 Å². The first-order valence-electron chi connectivity index (χ1n) is 8.94. The average Bonchev–Trinajstić information content (AvgIpc) is 3.15. The first-order valence-corrected chi connectivity index (χ1v) is 12.5. The van der Waals surface area contributed by atoms with E-state index in [0.29, 0.717) is 11.2 Å². The standard InChI is InChI=1S/C18H21Cl2N4O5P/c1-6-18(3)11(7-27-9-30(4,5)26)29-16(13(18)28-10(2)25)24-8-21-12-14(19)22-17(20)23-15(12)24/h1,8,11,13,16H,7,9H2,2-5H3/t11-,13+,16-,18+/m1/s1. The van der Waals surface area contributed by atoms with Gasteiger partial charge in [0.15, 0.2) is 23.1 Å². The number of ether oxygens (including phenoxy) is 3. The van der Waals surface area contributed by atoms with Crippen molar-refractivity contribution in [2.45, 2.75) is 32.3 Å². The smallest absolute Gasteiger partial charge is 0.303 e. The van der Waals surface area contributed by atoms with Crippen LogP contribution in [0, 0.1) is 17.8 Å². The predicted octanol–water partition coefficient (Wildman–Crippen LogP) is 3.20. The highest BCUT2D eigenvalue weighted by atomic mass is 35.5. The molecule has 0 amide bonds. The number of halogens is 2. The SMILES string of the molecule is C#C[C@@]1(C)[C@@H](COCP(C)(C)=O)O[C@@H](n2cnc3c(Cl)nc(Cl)nc32)[C@@H]1OC(C)=O. The Morgan fingerprint density at radius 1 is 1.43 bits per heavy atom. The van der Waals surface area contributed by atoms with Crippen molar-refractivity contribution in [1.29, 1.82) is 0 Å². The highest BCUT2D eigenvalue weighted by molar-refractivity contribution is 7.62. The number of aromatic nitrogens is 4. The molecule has 1 aliphatic heterocycles. The number of hydrogen-bond acceptors (Lipinski definition) is 8. The summed E-state index contributed by atoms with van der Waals surface area (Å²) in [5.74, 6) is 2.16. The van der Waals surface area contributed by atoms with E-state index in [1.165, 1.54) is 13.3 Å². The van der Waals surface area contributed by atoms with Gasteiger partial charge in [0.1, 0.15) is 18.8 Å². The van der Waals surface area contributed by atoms with Crippen molar-refractivity contribution in [2.75, 3.05) is 26.3 Å². The molecule has 0 aromatic carbocycles. The second-order valence-corrected chi connectivity index (χ2v) is 11.8. The summed E-state index contributed by atoms with van der Waals surface area (Å²) in [7, 11) is -2.39. The van der Waals surface area contributed by atoms with Gasteiger partial charge in [-0.2, -0.15) is 4.98 Å². The first kappa shape index (κ1) is 23.0. The molecule has 0 bridgehead atoms. The van der Waals surface area contributed by atoms with Gasteiger partial charge in [0.05, 0.1) is 24.7 Å². The van der Waals surface area contributed by atoms with Crippen LogP contribution in [-0.2, 0) is 23.6 Å². The van der Waals surface area contributed by atoms with Gasteiger partial charge in [-0.3, -0.25) is 9.36 Å². The summed E-state index contributed by atoms with van der Waals surface area (Å²) in [6.45, 7) is 6.32. The Balaban J connectivity index is 2.01. The zero-order valence-corrected chi connectivity index (χ0v) is 19.2. The lowest BCUT2D eigenvalue weighted by molar-refractivity contribution is -0.154. The molecule has 0 unspecified atom stereocenters. The van der Waals surface area contributed by atoms with Gasteiger partial charge in [-0.1, -0.05) is 17.5 Å². The van der Waals surface area contributed by atoms with E-state index in [0.717, 1.165) is 0 Å². The zero-order chi connectivity index (χ0) is 22.3. The van der Waals surface area contributed by atoms with E-state index >= 15 is 0 Å². The molecule has 2 aromatic rings. The fourth-order valence-electron chi connectivity index (χ4n) is 3.24.